The molecule has 0 saturated heterocycles. The van der Waals surface area contributed by atoms with Crippen LogP contribution >= 0.6 is 0 Å². The van der Waals surface area contributed by atoms with Crippen molar-refractivity contribution in [1.82, 2.24) is 5.32 Å². The monoisotopic (exact) mass is 194 g/mol. The Morgan fingerprint density at radius 1 is 1.57 bits per heavy atom. The van der Waals surface area contributed by atoms with E-state index in [1.54, 1.807) is 0 Å². The highest BCUT2D eigenvalue weighted by Gasteiger charge is 1.97. The Morgan fingerprint density at radius 3 is 3.00 bits per heavy atom. The minimum atomic E-state index is -0.0215. The maximum absolute atomic E-state index is 11.0. The van der Waals surface area contributed by atoms with Gasteiger partial charge in [0.1, 0.15) is 0 Å². The molecule has 0 fully saturated rings. The molecule has 0 aliphatic carbocycles. The van der Waals surface area contributed by atoms with E-state index in [0.29, 0.717) is 25.9 Å². The fourth-order valence-corrected chi connectivity index (χ4v) is 0.854. The SMILES string of the molecule is C#CCCC(=O)NCCCCN=[N+]=[N-]. The number of hydrogen-bond acceptors (Lipinski definition) is 2. The second kappa shape index (κ2) is 9.43. The lowest BCUT2D eigenvalue weighted by Gasteiger charge is -2.01. The second-order valence-corrected chi connectivity index (χ2v) is 2.72. The lowest BCUT2D eigenvalue weighted by molar-refractivity contribution is -0.120. The van der Waals surface area contributed by atoms with Gasteiger partial charge in [0.25, 0.3) is 0 Å². The highest BCUT2D eigenvalue weighted by Crippen LogP contribution is 1.90. The summed E-state index contributed by atoms with van der Waals surface area (Å²) in [6, 6.07) is 0. The van der Waals surface area contributed by atoms with E-state index < -0.39 is 0 Å². The van der Waals surface area contributed by atoms with Gasteiger partial charge >= 0.3 is 0 Å². The topological polar surface area (TPSA) is 77.9 Å². The molecule has 0 aromatic carbocycles. The Bertz CT molecular complexity index is 250. The van der Waals surface area contributed by atoms with Crippen LogP contribution in [0.3, 0.4) is 0 Å². The number of unbranched alkanes of at least 4 members (excludes halogenated alkanes) is 1. The van der Waals surface area contributed by atoms with Crippen LogP contribution in [0.1, 0.15) is 25.7 Å². The smallest absolute Gasteiger partial charge is 0.220 e. The summed E-state index contributed by atoms with van der Waals surface area (Å²) in [5.74, 6) is 2.38. The van der Waals surface area contributed by atoms with Crippen molar-refractivity contribution in [2.24, 2.45) is 5.11 Å². The minimum Gasteiger partial charge on any atom is -0.356 e. The van der Waals surface area contributed by atoms with Crippen LogP contribution in [0.4, 0.5) is 0 Å². The van der Waals surface area contributed by atoms with Crippen molar-refractivity contribution < 1.29 is 4.79 Å². The van der Waals surface area contributed by atoms with Crippen LogP contribution < -0.4 is 5.32 Å². The normalized spacial score (nSPS) is 8.50. The Balaban J connectivity index is 3.23. The van der Waals surface area contributed by atoms with Gasteiger partial charge < -0.3 is 5.32 Å². The number of hydrogen-bond donors (Lipinski definition) is 1. The summed E-state index contributed by atoms with van der Waals surface area (Å²) in [5.41, 5.74) is 7.98. The molecule has 0 spiro atoms. The second-order valence-electron chi connectivity index (χ2n) is 2.72. The van der Waals surface area contributed by atoms with Crippen LogP contribution in [0.2, 0.25) is 0 Å². The predicted molar refractivity (Wildman–Crippen MR) is 54.3 cm³/mol. The number of carbonyl (C=O) groups excluding carboxylic acids is 1. The van der Waals surface area contributed by atoms with Crippen molar-refractivity contribution in [3.8, 4) is 12.3 Å². The number of azide groups is 1. The first-order chi connectivity index (χ1) is 6.81. The highest BCUT2D eigenvalue weighted by molar-refractivity contribution is 5.76. The first kappa shape index (κ1) is 12.3. The summed E-state index contributed by atoms with van der Waals surface area (Å²) in [7, 11) is 0. The number of amides is 1. The van der Waals surface area contributed by atoms with Gasteiger partial charge in [-0.2, -0.15) is 0 Å². The number of nitrogens with one attached hydrogen (secondary N) is 1. The summed E-state index contributed by atoms with van der Waals surface area (Å²) < 4.78 is 0. The molecule has 5 heteroatoms. The average Bonchev–Trinajstić information content (AvgIpc) is 2.20. The Morgan fingerprint density at radius 2 is 2.36 bits per heavy atom. The van der Waals surface area contributed by atoms with E-state index in [0.717, 1.165) is 12.8 Å². The summed E-state index contributed by atoms with van der Waals surface area (Å²) in [6.45, 7) is 1.10. The predicted octanol–water partition coefficient (Wildman–Crippen LogP) is 1.61. The number of nitrogens with zero attached hydrogens (tertiary/aromatic N) is 3. The van der Waals surface area contributed by atoms with Gasteiger partial charge in [0.15, 0.2) is 0 Å². The van der Waals surface area contributed by atoms with Gasteiger partial charge in [0, 0.05) is 30.8 Å². The molecule has 0 aliphatic heterocycles. The van der Waals surface area contributed by atoms with Crippen molar-refractivity contribution in [2.45, 2.75) is 25.7 Å². The molecule has 1 amide bonds. The lowest BCUT2D eigenvalue weighted by atomic mass is 10.3. The van der Waals surface area contributed by atoms with E-state index in [-0.39, 0.29) is 5.91 Å². The minimum absolute atomic E-state index is 0.0215. The molecule has 0 saturated carbocycles. The molecular weight excluding hydrogens is 180 g/mol. The van der Waals surface area contributed by atoms with Crippen molar-refractivity contribution in [2.75, 3.05) is 13.1 Å². The van der Waals surface area contributed by atoms with E-state index in [9.17, 15) is 4.79 Å². The summed E-state index contributed by atoms with van der Waals surface area (Å²) in [4.78, 5) is 13.6. The Labute approximate surface area is 83.5 Å². The van der Waals surface area contributed by atoms with Crippen molar-refractivity contribution in [1.29, 1.82) is 0 Å². The van der Waals surface area contributed by atoms with Crippen LogP contribution in [-0.2, 0) is 4.79 Å². The van der Waals surface area contributed by atoms with Crippen LogP contribution in [0.5, 0.6) is 0 Å². The largest absolute Gasteiger partial charge is 0.356 e. The lowest BCUT2D eigenvalue weighted by Crippen LogP contribution is -2.23. The van der Waals surface area contributed by atoms with Crippen LogP contribution in [0, 0.1) is 12.3 Å². The quantitative estimate of drug-likeness (QED) is 0.216. The molecule has 0 aliphatic rings. The number of rotatable bonds is 7. The van der Waals surface area contributed by atoms with E-state index in [1.165, 1.54) is 0 Å². The maximum Gasteiger partial charge on any atom is 0.220 e. The van der Waals surface area contributed by atoms with E-state index in [1.807, 2.05) is 0 Å². The molecule has 0 radical (unpaired) electrons. The van der Waals surface area contributed by atoms with Gasteiger partial charge in [-0.25, -0.2) is 0 Å². The van der Waals surface area contributed by atoms with E-state index in [4.69, 9.17) is 12.0 Å². The Hall–Kier alpha value is -1.66. The molecule has 14 heavy (non-hydrogen) atoms. The van der Waals surface area contributed by atoms with Gasteiger partial charge in [0.05, 0.1) is 0 Å². The summed E-state index contributed by atoms with van der Waals surface area (Å²) in [5, 5.41) is 6.10. The van der Waals surface area contributed by atoms with Crippen LogP contribution in [0.25, 0.3) is 10.4 Å². The fourth-order valence-electron chi connectivity index (χ4n) is 0.854. The molecule has 76 valence electrons. The van der Waals surface area contributed by atoms with Gasteiger partial charge in [-0.1, -0.05) is 5.11 Å². The molecule has 5 nitrogen and oxygen atoms in total. The number of terminal acetylenes is 1. The fraction of sp³-hybridized carbons (Fsp3) is 0.667. The van der Waals surface area contributed by atoms with E-state index >= 15 is 0 Å². The molecule has 0 heterocycles. The standard InChI is InChI=1S/C9H14N4O/c1-2-3-6-9(14)11-7-4-5-8-12-13-10/h1H,3-8H2,(H,11,14). The number of carbonyl (C=O) groups is 1. The molecule has 1 N–H and O–H groups in total. The van der Waals surface area contributed by atoms with Gasteiger partial charge in [-0.05, 0) is 18.4 Å². The molecule has 0 rings (SSSR count). The summed E-state index contributed by atoms with van der Waals surface area (Å²) >= 11 is 0. The third-order valence-electron chi connectivity index (χ3n) is 1.57. The van der Waals surface area contributed by atoms with Crippen molar-refractivity contribution >= 4 is 5.91 Å². The molecule has 0 atom stereocenters. The Kier molecular flexibility index (Phi) is 8.31. The zero-order chi connectivity index (χ0) is 10.6. The third kappa shape index (κ3) is 8.44. The molecule has 0 aromatic heterocycles. The molecule has 0 aromatic rings. The molecular formula is C9H14N4O. The zero-order valence-electron chi connectivity index (χ0n) is 8.07. The zero-order valence-corrected chi connectivity index (χ0v) is 8.07. The maximum atomic E-state index is 11.0. The van der Waals surface area contributed by atoms with Gasteiger partial charge in [-0.3, -0.25) is 4.79 Å². The first-order valence-corrected chi connectivity index (χ1v) is 4.52. The molecule has 0 unspecified atom stereocenters. The van der Waals surface area contributed by atoms with E-state index in [2.05, 4.69) is 21.3 Å². The highest BCUT2D eigenvalue weighted by atomic mass is 16.1. The van der Waals surface area contributed by atoms with Crippen molar-refractivity contribution in [3.05, 3.63) is 10.4 Å². The van der Waals surface area contributed by atoms with Gasteiger partial charge in [-0.15, -0.1) is 12.3 Å². The van der Waals surface area contributed by atoms with Crippen molar-refractivity contribution in [3.63, 3.8) is 0 Å². The summed E-state index contributed by atoms with van der Waals surface area (Å²) in [6.07, 6.45) is 7.48. The van der Waals surface area contributed by atoms with Gasteiger partial charge in [0.2, 0.25) is 5.91 Å². The van der Waals surface area contributed by atoms with Crippen LogP contribution in [-0.4, -0.2) is 19.0 Å². The molecule has 0 bridgehead atoms. The average molecular weight is 194 g/mol. The first-order valence-electron chi connectivity index (χ1n) is 4.52. The van der Waals surface area contributed by atoms with Crippen LogP contribution in [0.15, 0.2) is 5.11 Å². The third-order valence-corrected chi connectivity index (χ3v) is 1.57.